The first-order valence-electron chi connectivity index (χ1n) is 5.13. The van der Waals surface area contributed by atoms with Gasteiger partial charge in [0.15, 0.2) is 0 Å². The molecule has 3 rings (SSSR count). The lowest BCUT2D eigenvalue weighted by Gasteiger charge is -2.04. The second kappa shape index (κ2) is 3.00. The highest BCUT2D eigenvalue weighted by atomic mass is 16.5. The van der Waals surface area contributed by atoms with Gasteiger partial charge in [0.2, 0.25) is 0 Å². The van der Waals surface area contributed by atoms with Crippen LogP contribution in [0.5, 0.6) is 5.75 Å². The molecule has 0 spiro atoms. The van der Waals surface area contributed by atoms with Gasteiger partial charge in [0, 0.05) is 24.0 Å². The van der Waals surface area contributed by atoms with E-state index in [-0.39, 0.29) is 6.10 Å². The monoisotopic (exact) mass is 203 g/mol. The summed E-state index contributed by atoms with van der Waals surface area (Å²) in [6, 6.07) is 8.14. The third-order valence-corrected chi connectivity index (χ3v) is 3.05. The van der Waals surface area contributed by atoms with Crippen molar-refractivity contribution in [3.05, 3.63) is 30.0 Å². The number of benzene rings is 1. The maximum absolute atomic E-state index is 9.57. The van der Waals surface area contributed by atoms with E-state index in [0.717, 1.165) is 23.1 Å². The van der Waals surface area contributed by atoms with Gasteiger partial charge in [0.05, 0.1) is 18.7 Å². The molecule has 1 aromatic carbocycles. The maximum Gasteiger partial charge on any atom is 0.128 e. The summed E-state index contributed by atoms with van der Waals surface area (Å²) in [7, 11) is 1.69. The number of aliphatic hydroxyl groups is 1. The highest BCUT2D eigenvalue weighted by Crippen LogP contribution is 2.31. The molecule has 0 aliphatic carbocycles. The summed E-state index contributed by atoms with van der Waals surface area (Å²) < 4.78 is 7.48. The molecule has 15 heavy (non-hydrogen) atoms. The van der Waals surface area contributed by atoms with Crippen molar-refractivity contribution < 1.29 is 9.84 Å². The lowest BCUT2D eigenvalue weighted by Crippen LogP contribution is -2.07. The average Bonchev–Trinajstić information content (AvgIpc) is 2.73. The van der Waals surface area contributed by atoms with Gasteiger partial charge in [-0.25, -0.2) is 0 Å². The number of hydrogen-bond acceptors (Lipinski definition) is 2. The van der Waals surface area contributed by atoms with Crippen LogP contribution in [0.1, 0.15) is 5.69 Å². The van der Waals surface area contributed by atoms with Crippen molar-refractivity contribution in [1.82, 2.24) is 4.57 Å². The van der Waals surface area contributed by atoms with Crippen molar-refractivity contribution in [2.45, 2.75) is 19.1 Å². The zero-order valence-electron chi connectivity index (χ0n) is 8.60. The molecule has 1 aliphatic heterocycles. The second-order valence-electron chi connectivity index (χ2n) is 4.00. The fourth-order valence-electron chi connectivity index (χ4n) is 2.39. The number of methoxy groups -OCH3 is 1. The van der Waals surface area contributed by atoms with Crippen LogP contribution < -0.4 is 4.74 Å². The summed E-state index contributed by atoms with van der Waals surface area (Å²) in [5.74, 6) is 0.906. The number of aliphatic hydroxyl groups excluding tert-OH is 1. The molecule has 1 atom stereocenters. The number of rotatable bonds is 1. The van der Waals surface area contributed by atoms with E-state index in [0.29, 0.717) is 6.54 Å². The number of fused-ring (bicyclic) bond motifs is 3. The molecule has 0 radical (unpaired) electrons. The van der Waals surface area contributed by atoms with E-state index in [1.807, 2.05) is 12.1 Å². The Labute approximate surface area is 87.9 Å². The van der Waals surface area contributed by atoms with Crippen LogP contribution in [0.2, 0.25) is 0 Å². The van der Waals surface area contributed by atoms with Crippen LogP contribution in [0.4, 0.5) is 0 Å². The quantitative estimate of drug-likeness (QED) is 0.763. The molecule has 0 amide bonds. The summed E-state index contributed by atoms with van der Waals surface area (Å²) in [6.07, 6.45) is 0.522. The molecule has 0 fully saturated rings. The van der Waals surface area contributed by atoms with Crippen molar-refractivity contribution in [1.29, 1.82) is 0 Å². The number of hydrogen-bond donors (Lipinski definition) is 1. The molecule has 3 nitrogen and oxygen atoms in total. The normalized spacial score (nSPS) is 19.5. The van der Waals surface area contributed by atoms with Crippen molar-refractivity contribution in [2.24, 2.45) is 0 Å². The molecule has 1 aromatic heterocycles. The molecule has 2 aromatic rings. The van der Waals surface area contributed by atoms with E-state index in [1.165, 1.54) is 5.69 Å². The molecule has 1 unspecified atom stereocenters. The molecule has 0 saturated carbocycles. The molecular weight excluding hydrogens is 190 g/mol. The second-order valence-corrected chi connectivity index (χ2v) is 4.00. The van der Waals surface area contributed by atoms with Crippen LogP contribution in [0, 0.1) is 0 Å². The fourth-order valence-corrected chi connectivity index (χ4v) is 2.39. The molecular formula is C12H13NO2. The Bertz CT molecular complexity index is 516. The molecule has 2 heterocycles. The molecule has 78 valence electrons. The van der Waals surface area contributed by atoms with Gasteiger partial charge in [-0.15, -0.1) is 0 Å². The van der Waals surface area contributed by atoms with Gasteiger partial charge in [-0.3, -0.25) is 0 Å². The van der Waals surface area contributed by atoms with E-state index in [2.05, 4.69) is 16.7 Å². The van der Waals surface area contributed by atoms with Crippen molar-refractivity contribution in [3.8, 4) is 5.75 Å². The molecule has 0 saturated heterocycles. The fraction of sp³-hybridized carbons (Fsp3) is 0.333. The average molecular weight is 203 g/mol. The SMILES string of the molecule is COc1cccc2c1cc1n2CC(O)C1. The van der Waals surface area contributed by atoms with E-state index < -0.39 is 0 Å². The molecule has 1 N–H and O–H groups in total. The zero-order valence-corrected chi connectivity index (χ0v) is 8.60. The van der Waals surface area contributed by atoms with Crippen LogP contribution >= 0.6 is 0 Å². The Kier molecular flexibility index (Phi) is 1.76. The van der Waals surface area contributed by atoms with Gasteiger partial charge in [-0.05, 0) is 18.2 Å². The van der Waals surface area contributed by atoms with Crippen molar-refractivity contribution in [3.63, 3.8) is 0 Å². The predicted molar refractivity (Wildman–Crippen MR) is 58.2 cm³/mol. The van der Waals surface area contributed by atoms with E-state index in [4.69, 9.17) is 4.74 Å². The third-order valence-electron chi connectivity index (χ3n) is 3.05. The molecule has 3 heteroatoms. The minimum Gasteiger partial charge on any atom is -0.496 e. The lowest BCUT2D eigenvalue weighted by molar-refractivity contribution is 0.176. The number of ether oxygens (including phenoxy) is 1. The Morgan fingerprint density at radius 3 is 3.13 bits per heavy atom. The first-order valence-corrected chi connectivity index (χ1v) is 5.13. The van der Waals surface area contributed by atoms with Gasteiger partial charge in [-0.2, -0.15) is 0 Å². The number of aromatic nitrogens is 1. The van der Waals surface area contributed by atoms with E-state index in [1.54, 1.807) is 7.11 Å². The smallest absolute Gasteiger partial charge is 0.128 e. The minimum atomic E-state index is -0.226. The molecule has 0 bridgehead atoms. The predicted octanol–water partition coefficient (Wildman–Crippen LogP) is 1.57. The van der Waals surface area contributed by atoms with Crippen LogP contribution in [-0.2, 0) is 13.0 Å². The Morgan fingerprint density at radius 2 is 2.33 bits per heavy atom. The summed E-state index contributed by atoms with van der Waals surface area (Å²) in [4.78, 5) is 0. The molecule has 1 aliphatic rings. The summed E-state index contributed by atoms with van der Waals surface area (Å²) in [6.45, 7) is 0.700. The summed E-state index contributed by atoms with van der Waals surface area (Å²) >= 11 is 0. The van der Waals surface area contributed by atoms with Crippen molar-refractivity contribution in [2.75, 3.05) is 7.11 Å². The van der Waals surface area contributed by atoms with Crippen molar-refractivity contribution >= 4 is 10.9 Å². The minimum absolute atomic E-state index is 0.226. The standard InChI is InChI=1S/C12H13NO2/c1-15-12-4-2-3-11-10(12)6-8-5-9(14)7-13(8)11/h2-4,6,9,14H,5,7H2,1H3. The Hall–Kier alpha value is -1.48. The third kappa shape index (κ3) is 1.16. The summed E-state index contributed by atoms with van der Waals surface area (Å²) in [5.41, 5.74) is 2.35. The summed E-state index contributed by atoms with van der Waals surface area (Å²) in [5, 5.41) is 10.7. The van der Waals surface area contributed by atoms with Crippen LogP contribution in [-0.4, -0.2) is 22.9 Å². The maximum atomic E-state index is 9.57. The van der Waals surface area contributed by atoms with Gasteiger partial charge < -0.3 is 14.4 Å². The van der Waals surface area contributed by atoms with Crippen LogP contribution in [0.25, 0.3) is 10.9 Å². The van der Waals surface area contributed by atoms with Crippen LogP contribution in [0.15, 0.2) is 24.3 Å². The van der Waals surface area contributed by atoms with Gasteiger partial charge >= 0.3 is 0 Å². The van der Waals surface area contributed by atoms with Gasteiger partial charge in [0.25, 0.3) is 0 Å². The first kappa shape index (κ1) is 8.80. The van der Waals surface area contributed by atoms with E-state index >= 15 is 0 Å². The lowest BCUT2D eigenvalue weighted by atomic mass is 10.2. The number of nitrogens with zero attached hydrogens (tertiary/aromatic N) is 1. The highest BCUT2D eigenvalue weighted by molar-refractivity contribution is 5.87. The Morgan fingerprint density at radius 1 is 1.47 bits per heavy atom. The van der Waals surface area contributed by atoms with Crippen LogP contribution in [0.3, 0.4) is 0 Å². The van der Waals surface area contributed by atoms with Gasteiger partial charge in [-0.1, -0.05) is 6.07 Å². The van der Waals surface area contributed by atoms with E-state index in [9.17, 15) is 5.11 Å². The zero-order chi connectivity index (χ0) is 10.4. The van der Waals surface area contributed by atoms with Gasteiger partial charge in [0.1, 0.15) is 5.75 Å². The Balaban J connectivity index is 2.27. The largest absolute Gasteiger partial charge is 0.496 e. The highest BCUT2D eigenvalue weighted by Gasteiger charge is 2.22. The first-order chi connectivity index (χ1) is 7.29. The topological polar surface area (TPSA) is 34.4 Å².